The zero-order chi connectivity index (χ0) is 9.73. The predicted molar refractivity (Wildman–Crippen MR) is 50.1 cm³/mol. The molecule has 0 aromatic rings. The highest BCUT2D eigenvalue weighted by atomic mass is 32.2. The first kappa shape index (κ1) is 10.9. The van der Waals surface area contributed by atoms with Crippen molar-refractivity contribution >= 4 is 10.1 Å². The lowest BCUT2D eigenvalue weighted by atomic mass is 9.96. The average Bonchev–Trinajstić information content (AvgIpc) is 2.04. The van der Waals surface area contributed by atoms with Crippen molar-refractivity contribution < 1.29 is 18.3 Å². The number of hydrogen-bond acceptors (Lipinski definition) is 2. The molecule has 1 aliphatic carbocycles. The van der Waals surface area contributed by atoms with E-state index in [0.717, 1.165) is 0 Å². The highest BCUT2D eigenvalue weighted by molar-refractivity contribution is 7.85. The third-order valence-electron chi connectivity index (χ3n) is 2.53. The molecule has 0 aromatic heterocycles. The van der Waals surface area contributed by atoms with Crippen molar-refractivity contribution in [2.24, 2.45) is 0 Å². The van der Waals surface area contributed by atoms with E-state index >= 15 is 0 Å². The quantitative estimate of drug-likeness (QED) is 0.627. The van der Waals surface area contributed by atoms with Crippen LogP contribution in [-0.4, -0.2) is 31.3 Å². The fourth-order valence-corrected chi connectivity index (χ4v) is 2.26. The molecule has 1 fully saturated rings. The Hall–Kier alpha value is -0.130. The largest absolute Gasteiger partial charge is 0.343 e. The topological polar surface area (TPSA) is 71.0 Å². The van der Waals surface area contributed by atoms with E-state index in [1.165, 1.54) is 32.1 Å². The van der Waals surface area contributed by atoms with Crippen LogP contribution in [0.1, 0.15) is 32.1 Å². The molecule has 1 rings (SSSR count). The molecule has 0 unspecified atom stereocenters. The fraction of sp³-hybridized carbons (Fsp3) is 1.00. The molecule has 0 saturated heterocycles. The summed E-state index contributed by atoms with van der Waals surface area (Å²) in [6.07, 6.45) is 6.19. The van der Waals surface area contributed by atoms with E-state index < -0.39 is 10.1 Å². The van der Waals surface area contributed by atoms with Crippen molar-refractivity contribution in [3.8, 4) is 0 Å². The van der Waals surface area contributed by atoms with Crippen LogP contribution in [0.3, 0.4) is 0 Å². The summed E-state index contributed by atoms with van der Waals surface area (Å²) in [6.45, 7) is 0.490. The first-order valence-electron chi connectivity index (χ1n) is 4.86. The van der Waals surface area contributed by atoms with Gasteiger partial charge in [-0.2, -0.15) is 8.42 Å². The normalized spacial score (nSPS) is 20.4. The Labute approximate surface area is 79.5 Å². The maximum Gasteiger partial charge on any atom is 0.270 e. The Balaban J connectivity index is 2.11. The van der Waals surface area contributed by atoms with Crippen molar-refractivity contribution in [1.82, 2.24) is 0 Å². The van der Waals surface area contributed by atoms with E-state index in [4.69, 9.17) is 4.55 Å². The Bertz CT molecular complexity index is 232. The zero-order valence-corrected chi connectivity index (χ0v) is 8.59. The fourth-order valence-electron chi connectivity index (χ4n) is 1.82. The van der Waals surface area contributed by atoms with Crippen LogP contribution in [0.2, 0.25) is 0 Å². The van der Waals surface area contributed by atoms with Crippen LogP contribution in [0.15, 0.2) is 0 Å². The standard InChI is InChI=1S/C8H17NO3S/c10-13(11,12)7-6-9-8-4-2-1-3-5-8/h8-9H,1-7H2,(H,10,11,12)/p+1. The minimum Gasteiger partial charge on any atom is -0.343 e. The lowest BCUT2D eigenvalue weighted by molar-refractivity contribution is -0.688. The van der Waals surface area contributed by atoms with Gasteiger partial charge in [0.25, 0.3) is 10.1 Å². The Morgan fingerprint density at radius 2 is 1.85 bits per heavy atom. The van der Waals surface area contributed by atoms with Crippen LogP contribution in [0, 0.1) is 0 Å². The molecular formula is C8H18NO3S+. The smallest absolute Gasteiger partial charge is 0.270 e. The summed E-state index contributed by atoms with van der Waals surface area (Å²) in [5.74, 6) is -0.122. The molecule has 4 nitrogen and oxygen atoms in total. The first-order chi connectivity index (χ1) is 6.08. The van der Waals surface area contributed by atoms with E-state index in [0.29, 0.717) is 12.6 Å². The van der Waals surface area contributed by atoms with Crippen LogP contribution < -0.4 is 5.32 Å². The Morgan fingerprint density at radius 3 is 2.38 bits per heavy atom. The Kier molecular flexibility index (Phi) is 4.15. The Morgan fingerprint density at radius 1 is 1.23 bits per heavy atom. The van der Waals surface area contributed by atoms with Gasteiger partial charge >= 0.3 is 0 Å². The molecular weight excluding hydrogens is 190 g/mol. The summed E-state index contributed by atoms with van der Waals surface area (Å²) >= 11 is 0. The highest BCUT2D eigenvalue weighted by Gasteiger charge is 2.16. The van der Waals surface area contributed by atoms with Crippen molar-refractivity contribution in [1.29, 1.82) is 0 Å². The summed E-state index contributed by atoms with van der Waals surface area (Å²) < 4.78 is 29.3. The minimum absolute atomic E-state index is 0.122. The monoisotopic (exact) mass is 208 g/mol. The SMILES string of the molecule is O=S(=O)(O)CC[NH2+]C1CCCCC1. The molecule has 0 atom stereocenters. The van der Waals surface area contributed by atoms with E-state index in [2.05, 4.69) is 0 Å². The van der Waals surface area contributed by atoms with Crippen LogP contribution in [0.4, 0.5) is 0 Å². The van der Waals surface area contributed by atoms with Crippen LogP contribution in [0.5, 0.6) is 0 Å². The molecule has 13 heavy (non-hydrogen) atoms. The van der Waals surface area contributed by atoms with E-state index in [1.54, 1.807) is 0 Å². The molecule has 3 N–H and O–H groups in total. The highest BCUT2D eigenvalue weighted by Crippen LogP contribution is 2.14. The van der Waals surface area contributed by atoms with Gasteiger partial charge in [-0.05, 0) is 25.7 Å². The summed E-state index contributed by atoms with van der Waals surface area (Å²) in [5.41, 5.74) is 0. The molecule has 1 aliphatic rings. The number of quaternary nitrogens is 1. The molecule has 5 heteroatoms. The van der Waals surface area contributed by atoms with Gasteiger partial charge in [0.05, 0.1) is 12.6 Å². The van der Waals surface area contributed by atoms with Crippen LogP contribution >= 0.6 is 0 Å². The van der Waals surface area contributed by atoms with Gasteiger partial charge in [-0.15, -0.1) is 0 Å². The van der Waals surface area contributed by atoms with Gasteiger partial charge in [0.1, 0.15) is 5.75 Å². The van der Waals surface area contributed by atoms with Gasteiger partial charge in [0, 0.05) is 0 Å². The summed E-state index contributed by atoms with van der Waals surface area (Å²) in [4.78, 5) is 0. The molecule has 0 spiro atoms. The van der Waals surface area contributed by atoms with Gasteiger partial charge < -0.3 is 5.32 Å². The second-order valence-electron chi connectivity index (χ2n) is 3.71. The number of nitrogens with two attached hydrogens (primary N) is 1. The van der Waals surface area contributed by atoms with Crippen molar-refractivity contribution in [3.63, 3.8) is 0 Å². The lowest BCUT2D eigenvalue weighted by Crippen LogP contribution is -2.91. The van der Waals surface area contributed by atoms with Gasteiger partial charge in [-0.1, -0.05) is 6.42 Å². The van der Waals surface area contributed by atoms with E-state index in [1.807, 2.05) is 5.32 Å². The lowest BCUT2D eigenvalue weighted by Gasteiger charge is -2.19. The number of rotatable bonds is 4. The maximum absolute atomic E-state index is 10.4. The summed E-state index contributed by atoms with van der Waals surface area (Å²) in [6, 6.07) is 0.579. The minimum atomic E-state index is -3.76. The van der Waals surface area contributed by atoms with Crippen molar-refractivity contribution in [3.05, 3.63) is 0 Å². The third-order valence-corrected chi connectivity index (χ3v) is 3.28. The van der Waals surface area contributed by atoms with Gasteiger partial charge in [-0.3, -0.25) is 4.55 Å². The predicted octanol–water partition coefficient (Wildman–Crippen LogP) is -0.230. The maximum atomic E-state index is 10.4. The zero-order valence-electron chi connectivity index (χ0n) is 7.78. The van der Waals surface area contributed by atoms with Crippen LogP contribution in [0.25, 0.3) is 0 Å². The van der Waals surface area contributed by atoms with Gasteiger partial charge in [0.2, 0.25) is 0 Å². The van der Waals surface area contributed by atoms with Gasteiger partial charge in [0.15, 0.2) is 0 Å². The van der Waals surface area contributed by atoms with Crippen LogP contribution in [-0.2, 0) is 10.1 Å². The molecule has 1 saturated carbocycles. The second-order valence-corrected chi connectivity index (χ2v) is 5.28. The molecule has 0 bridgehead atoms. The summed E-state index contributed by atoms with van der Waals surface area (Å²) in [7, 11) is -3.76. The molecule has 0 aliphatic heterocycles. The molecule has 0 radical (unpaired) electrons. The molecule has 78 valence electrons. The number of hydrogen-bond donors (Lipinski definition) is 2. The second kappa shape index (κ2) is 4.93. The van der Waals surface area contributed by atoms with Crippen molar-refractivity contribution in [2.45, 2.75) is 38.1 Å². The first-order valence-corrected chi connectivity index (χ1v) is 6.47. The van der Waals surface area contributed by atoms with E-state index in [9.17, 15) is 8.42 Å². The van der Waals surface area contributed by atoms with E-state index in [-0.39, 0.29) is 5.75 Å². The van der Waals surface area contributed by atoms with Gasteiger partial charge in [-0.25, -0.2) is 0 Å². The molecule has 0 heterocycles. The molecule has 0 aromatic carbocycles. The molecule has 0 amide bonds. The summed E-state index contributed by atoms with van der Waals surface area (Å²) in [5, 5.41) is 2.05. The van der Waals surface area contributed by atoms with Crippen molar-refractivity contribution in [2.75, 3.05) is 12.3 Å². The third kappa shape index (κ3) is 5.23. The average molecular weight is 208 g/mol.